The normalized spacial score (nSPS) is 16.1. The van der Waals surface area contributed by atoms with E-state index in [4.69, 9.17) is 4.74 Å². The molecule has 1 amide bonds. The van der Waals surface area contributed by atoms with Gasteiger partial charge < -0.3 is 9.64 Å². The molecule has 0 aliphatic heterocycles. The molecule has 1 aromatic carbocycles. The molecular formula is C17H25NO2. The Hall–Kier alpha value is -1.35. The van der Waals surface area contributed by atoms with Crippen LogP contribution in [0, 0.1) is 6.92 Å². The fourth-order valence-corrected chi connectivity index (χ4v) is 2.66. The summed E-state index contributed by atoms with van der Waals surface area (Å²) in [6, 6.07) is 8.18. The third kappa shape index (κ3) is 4.34. The molecule has 1 aliphatic rings. The van der Waals surface area contributed by atoms with Crippen molar-refractivity contribution >= 4 is 5.91 Å². The van der Waals surface area contributed by atoms with Gasteiger partial charge in [0.15, 0.2) is 0 Å². The van der Waals surface area contributed by atoms with Crippen molar-refractivity contribution in [3.05, 3.63) is 35.4 Å². The van der Waals surface area contributed by atoms with E-state index in [0.29, 0.717) is 12.6 Å². The molecule has 20 heavy (non-hydrogen) atoms. The summed E-state index contributed by atoms with van der Waals surface area (Å²) in [5.74, 6) is 0.0684. The number of carbonyl (C=O) groups is 1. The maximum atomic E-state index is 12.1. The summed E-state index contributed by atoms with van der Waals surface area (Å²) in [6.07, 6.45) is 6.28. The summed E-state index contributed by atoms with van der Waals surface area (Å²) in [5, 5.41) is 0. The highest BCUT2D eigenvalue weighted by molar-refractivity contribution is 5.77. The van der Waals surface area contributed by atoms with Crippen molar-refractivity contribution in [3.8, 4) is 0 Å². The van der Waals surface area contributed by atoms with E-state index in [9.17, 15) is 4.79 Å². The molecule has 0 spiro atoms. The van der Waals surface area contributed by atoms with Gasteiger partial charge in [-0.2, -0.15) is 0 Å². The van der Waals surface area contributed by atoms with E-state index < -0.39 is 0 Å². The van der Waals surface area contributed by atoms with Crippen LogP contribution < -0.4 is 0 Å². The molecule has 1 saturated carbocycles. The number of benzene rings is 1. The van der Waals surface area contributed by atoms with Crippen LogP contribution in [0.2, 0.25) is 0 Å². The Labute approximate surface area is 121 Å². The van der Waals surface area contributed by atoms with Crippen LogP contribution in [-0.4, -0.2) is 30.6 Å². The van der Waals surface area contributed by atoms with Gasteiger partial charge in [0, 0.05) is 13.6 Å². The highest BCUT2D eigenvalue weighted by Gasteiger charge is 2.17. The van der Waals surface area contributed by atoms with Gasteiger partial charge in [0.05, 0.1) is 6.10 Å². The summed E-state index contributed by atoms with van der Waals surface area (Å²) in [7, 11) is 1.85. The molecule has 1 aliphatic carbocycles. The molecule has 3 heteroatoms. The lowest BCUT2D eigenvalue weighted by atomic mass is 9.98. The molecule has 3 nitrogen and oxygen atoms in total. The maximum absolute atomic E-state index is 12.1. The number of aryl methyl sites for hydroxylation is 1. The SMILES string of the molecule is Cc1ccccc1CN(C)C(=O)COC1CCCCC1. The van der Waals surface area contributed by atoms with Crippen molar-refractivity contribution in [2.75, 3.05) is 13.7 Å². The Morgan fingerprint density at radius 2 is 1.95 bits per heavy atom. The van der Waals surface area contributed by atoms with E-state index in [0.717, 1.165) is 12.8 Å². The van der Waals surface area contributed by atoms with Crippen molar-refractivity contribution in [1.29, 1.82) is 0 Å². The van der Waals surface area contributed by atoms with E-state index in [1.165, 1.54) is 30.4 Å². The molecule has 0 heterocycles. The summed E-state index contributed by atoms with van der Waals surface area (Å²) in [5.41, 5.74) is 2.42. The van der Waals surface area contributed by atoms with Gasteiger partial charge in [-0.1, -0.05) is 43.5 Å². The standard InChI is InChI=1S/C17H25NO2/c1-14-8-6-7-9-15(14)12-18(2)17(19)13-20-16-10-4-3-5-11-16/h6-9,16H,3-5,10-13H2,1-2H3. The molecule has 0 bridgehead atoms. The van der Waals surface area contributed by atoms with Gasteiger partial charge in [0.2, 0.25) is 5.91 Å². The molecule has 0 N–H and O–H groups in total. The van der Waals surface area contributed by atoms with Crippen LogP contribution in [0.1, 0.15) is 43.2 Å². The first-order valence-corrected chi connectivity index (χ1v) is 7.57. The molecule has 0 radical (unpaired) electrons. The highest BCUT2D eigenvalue weighted by Crippen LogP contribution is 2.20. The fourth-order valence-electron chi connectivity index (χ4n) is 2.66. The predicted octanol–water partition coefficient (Wildman–Crippen LogP) is 3.30. The lowest BCUT2D eigenvalue weighted by molar-refractivity contribution is -0.138. The van der Waals surface area contributed by atoms with Crippen LogP contribution in [0.25, 0.3) is 0 Å². The number of hydrogen-bond donors (Lipinski definition) is 0. The van der Waals surface area contributed by atoms with Crippen molar-refractivity contribution in [3.63, 3.8) is 0 Å². The van der Waals surface area contributed by atoms with E-state index in [1.807, 2.05) is 19.2 Å². The average molecular weight is 275 g/mol. The first-order valence-electron chi connectivity index (χ1n) is 7.57. The zero-order chi connectivity index (χ0) is 14.4. The monoisotopic (exact) mass is 275 g/mol. The zero-order valence-corrected chi connectivity index (χ0v) is 12.6. The van der Waals surface area contributed by atoms with Gasteiger partial charge in [0.25, 0.3) is 0 Å². The Kier molecular flexibility index (Phi) is 5.60. The van der Waals surface area contributed by atoms with E-state index >= 15 is 0 Å². The van der Waals surface area contributed by atoms with Crippen LogP contribution in [0.3, 0.4) is 0 Å². The average Bonchev–Trinajstić information content (AvgIpc) is 2.48. The van der Waals surface area contributed by atoms with E-state index in [1.54, 1.807) is 4.90 Å². The number of ether oxygens (including phenoxy) is 1. The van der Waals surface area contributed by atoms with Gasteiger partial charge in [-0.25, -0.2) is 0 Å². The predicted molar refractivity (Wildman–Crippen MR) is 80.5 cm³/mol. The number of rotatable bonds is 5. The second-order valence-electron chi connectivity index (χ2n) is 5.75. The summed E-state index contributed by atoms with van der Waals surface area (Å²) >= 11 is 0. The van der Waals surface area contributed by atoms with Crippen LogP contribution >= 0.6 is 0 Å². The molecule has 2 rings (SSSR count). The Morgan fingerprint density at radius 3 is 2.65 bits per heavy atom. The number of carbonyl (C=O) groups excluding carboxylic acids is 1. The molecule has 0 saturated heterocycles. The minimum absolute atomic E-state index is 0.0684. The van der Waals surface area contributed by atoms with E-state index in [2.05, 4.69) is 19.1 Å². The van der Waals surface area contributed by atoms with Crippen LogP contribution in [-0.2, 0) is 16.1 Å². The highest BCUT2D eigenvalue weighted by atomic mass is 16.5. The maximum Gasteiger partial charge on any atom is 0.248 e. The Balaban J connectivity index is 1.78. The fraction of sp³-hybridized carbons (Fsp3) is 0.588. The minimum Gasteiger partial charge on any atom is -0.368 e. The van der Waals surface area contributed by atoms with Gasteiger partial charge in [0.1, 0.15) is 6.61 Å². The van der Waals surface area contributed by atoms with Crippen LogP contribution in [0.4, 0.5) is 0 Å². The summed E-state index contributed by atoms with van der Waals surface area (Å²) < 4.78 is 5.74. The van der Waals surface area contributed by atoms with Crippen molar-refractivity contribution in [2.24, 2.45) is 0 Å². The third-order valence-corrected chi connectivity index (χ3v) is 4.09. The molecule has 1 aromatic rings. The number of amides is 1. The van der Waals surface area contributed by atoms with Crippen molar-refractivity contribution in [1.82, 2.24) is 4.90 Å². The zero-order valence-electron chi connectivity index (χ0n) is 12.6. The number of likely N-dealkylation sites (N-methyl/N-ethyl adjacent to an activating group) is 1. The molecule has 1 fully saturated rings. The Morgan fingerprint density at radius 1 is 1.25 bits per heavy atom. The smallest absolute Gasteiger partial charge is 0.248 e. The second kappa shape index (κ2) is 7.44. The van der Waals surface area contributed by atoms with Crippen LogP contribution in [0.5, 0.6) is 0 Å². The van der Waals surface area contributed by atoms with Gasteiger partial charge in [-0.05, 0) is 30.9 Å². The van der Waals surface area contributed by atoms with Gasteiger partial charge >= 0.3 is 0 Å². The molecule has 0 atom stereocenters. The largest absolute Gasteiger partial charge is 0.368 e. The Bertz CT molecular complexity index is 438. The lowest BCUT2D eigenvalue weighted by Crippen LogP contribution is -2.32. The van der Waals surface area contributed by atoms with Gasteiger partial charge in [-0.15, -0.1) is 0 Å². The van der Waals surface area contributed by atoms with Crippen molar-refractivity contribution in [2.45, 2.75) is 51.7 Å². The third-order valence-electron chi connectivity index (χ3n) is 4.09. The first-order chi connectivity index (χ1) is 9.66. The second-order valence-corrected chi connectivity index (χ2v) is 5.75. The van der Waals surface area contributed by atoms with Crippen molar-refractivity contribution < 1.29 is 9.53 Å². The topological polar surface area (TPSA) is 29.5 Å². The quantitative estimate of drug-likeness (QED) is 0.825. The van der Waals surface area contributed by atoms with Gasteiger partial charge in [-0.3, -0.25) is 4.79 Å². The summed E-state index contributed by atoms with van der Waals surface area (Å²) in [4.78, 5) is 13.9. The number of nitrogens with zero attached hydrogens (tertiary/aromatic N) is 1. The molecule has 0 aromatic heterocycles. The minimum atomic E-state index is 0.0684. The molecule has 110 valence electrons. The molecular weight excluding hydrogens is 250 g/mol. The summed E-state index contributed by atoms with van der Waals surface area (Å²) in [6.45, 7) is 2.94. The lowest BCUT2D eigenvalue weighted by Gasteiger charge is -2.24. The molecule has 0 unspecified atom stereocenters. The van der Waals surface area contributed by atoms with E-state index in [-0.39, 0.29) is 12.5 Å². The first kappa shape index (κ1) is 15.0. The number of hydrogen-bond acceptors (Lipinski definition) is 2. The van der Waals surface area contributed by atoms with Crippen LogP contribution in [0.15, 0.2) is 24.3 Å².